The van der Waals surface area contributed by atoms with Gasteiger partial charge < -0.3 is 14.8 Å². The lowest BCUT2D eigenvalue weighted by molar-refractivity contribution is -0.158. The topological polar surface area (TPSA) is 93.7 Å². The van der Waals surface area contributed by atoms with Crippen molar-refractivity contribution < 1.29 is 23.9 Å². The number of ether oxygens (including phenoxy) is 2. The molecule has 0 saturated carbocycles. The summed E-state index contributed by atoms with van der Waals surface area (Å²) in [7, 11) is 1.38. The molecule has 0 heterocycles. The number of urea groups is 1. The van der Waals surface area contributed by atoms with Crippen molar-refractivity contribution in [3.63, 3.8) is 0 Å². The monoisotopic (exact) mass is 398 g/mol. The summed E-state index contributed by atoms with van der Waals surface area (Å²) in [4.78, 5) is 36.1. The molecule has 1 unspecified atom stereocenters. The first-order valence-corrected chi connectivity index (χ1v) is 9.32. The molecule has 2 aromatic rings. The van der Waals surface area contributed by atoms with E-state index in [1.807, 2.05) is 19.1 Å². The second kappa shape index (κ2) is 10.3. The number of hydrogen-bond acceptors (Lipinski definition) is 5. The van der Waals surface area contributed by atoms with Crippen LogP contribution in [-0.4, -0.2) is 31.6 Å². The zero-order chi connectivity index (χ0) is 21.4. The van der Waals surface area contributed by atoms with E-state index in [9.17, 15) is 14.4 Å². The molecule has 7 nitrogen and oxygen atoms in total. The van der Waals surface area contributed by atoms with Gasteiger partial charge in [0, 0.05) is 12.6 Å². The van der Waals surface area contributed by atoms with Gasteiger partial charge in [-0.05, 0) is 36.1 Å². The van der Waals surface area contributed by atoms with Gasteiger partial charge in [-0.15, -0.1) is 0 Å². The fraction of sp³-hybridized carbons (Fsp3) is 0.318. The van der Waals surface area contributed by atoms with E-state index in [2.05, 4.69) is 24.5 Å². The molecular formula is C22H26N2O5. The average molecular weight is 398 g/mol. The standard InChI is InChI=1S/C22H26N2O5/c1-14(2)18-11-10-17(12-15(18)3)28-13-19(25)29-20(16-8-6-5-7-9-16)21(26)24-22(27)23-4/h5-12,14,20H,13H2,1-4H3,(H2,23,24,26,27). The van der Waals surface area contributed by atoms with Gasteiger partial charge in [0.15, 0.2) is 6.61 Å². The summed E-state index contributed by atoms with van der Waals surface area (Å²) < 4.78 is 10.8. The van der Waals surface area contributed by atoms with E-state index in [0.717, 1.165) is 5.56 Å². The molecule has 0 spiro atoms. The molecule has 154 valence electrons. The molecule has 0 aliphatic carbocycles. The van der Waals surface area contributed by atoms with E-state index >= 15 is 0 Å². The minimum absolute atomic E-state index is 0.364. The summed E-state index contributed by atoms with van der Waals surface area (Å²) in [5, 5.41) is 4.41. The van der Waals surface area contributed by atoms with Gasteiger partial charge in [0.05, 0.1) is 0 Å². The van der Waals surface area contributed by atoms with Crippen molar-refractivity contribution in [3.8, 4) is 5.75 Å². The highest BCUT2D eigenvalue weighted by molar-refractivity contribution is 5.97. The van der Waals surface area contributed by atoms with Crippen LogP contribution >= 0.6 is 0 Å². The van der Waals surface area contributed by atoms with Gasteiger partial charge in [-0.3, -0.25) is 10.1 Å². The van der Waals surface area contributed by atoms with Gasteiger partial charge in [-0.1, -0.05) is 50.2 Å². The first-order valence-electron chi connectivity index (χ1n) is 9.32. The van der Waals surface area contributed by atoms with Crippen LogP contribution in [0.2, 0.25) is 0 Å². The Kier molecular flexibility index (Phi) is 7.77. The van der Waals surface area contributed by atoms with Gasteiger partial charge >= 0.3 is 12.0 Å². The van der Waals surface area contributed by atoms with Crippen molar-refractivity contribution in [2.45, 2.75) is 32.8 Å². The van der Waals surface area contributed by atoms with E-state index in [1.165, 1.54) is 12.6 Å². The largest absolute Gasteiger partial charge is 0.482 e. The Balaban J connectivity index is 2.05. The van der Waals surface area contributed by atoms with E-state index in [-0.39, 0.29) is 6.61 Å². The Bertz CT molecular complexity index is 865. The minimum Gasteiger partial charge on any atom is -0.482 e. The second-order valence-electron chi connectivity index (χ2n) is 6.81. The van der Waals surface area contributed by atoms with Gasteiger partial charge in [0.1, 0.15) is 5.75 Å². The third kappa shape index (κ3) is 6.34. The van der Waals surface area contributed by atoms with E-state index < -0.39 is 24.0 Å². The Morgan fingerprint density at radius 1 is 1.03 bits per heavy atom. The average Bonchev–Trinajstić information content (AvgIpc) is 2.70. The number of carbonyl (C=O) groups excluding carboxylic acids is 3. The number of benzene rings is 2. The quantitative estimate of drug-likeness (QED) is 0.699. The summed E-state index contributed by atoms with van der Waals surface area (Å²) >= 11 is 0. The Morgan fingerprint density at radius 3 is 2.31 bits per heavy atom. The van der Waals surface area contributed by atoms with Crippen molar-refractivity contribution in [1.82, 2.24) is 10.6 Å². The van der Waals surface area contributed by atoms with Crippen LogP contribution in [0.25, 0.3) is 0 Å². The lowest BCUT2D eigenvalue weighted by Gasteiger charge is -2.18. The predicted octanol–water partition coefficient (Wildman–Crippen LogP) is 3.24. The lowest BCUT2D eigenvalue weighted by atomic mass is 9.98. The van der Waals surface area contributed by atoms with Crippen LogP contribution in [0.4, 0.5) is 4.79 Å². The van der Waals surface area contributed by atoms with Crippen LogP contribution < -0.4 is 15.4 Å². The summed E-state index contributed by atoms with van der Waals surface area (Å²) in [6.45, 7) is 5.83. The maximum absolute atomic E-state index is 12.4. The number of rotatable bonds is 7. The molecular weight excluding hydrogens is 372 g/mol. The molecule has 2 N–H and O–H groups in total. The Morgan fingerprint density at radius 2 is 1.72 bits per heavy atom. The number of carbonyl (C=O) groups is 3. The molecule has 0 aromatic heterocycles. The molecule has 3 amide bonds. The van der Waals surface area contributed by atoms with Crippen LogP contribution in [-0.2, 0) is 14.3 Å². The number of amides is 3. The zero-order valence-corrected chi connectivity index (χ0v) is 17.0. The molecule has 7 heteroatoms. The third-order valence-electron chi connectivity index (χ3n) is 4.27. The van der Waals surface area contributed by atoms with Crippen LogP contribution in [0, 0.1) is 6.92 Å². The smallest absolute Gasteiger partial charge is 0.345 e. The van der Waals surface area contributed by atoms with Crippen LogP contribution in [0.15, 0.2) is 48.5 Å². The highest BCUT2D eigenvalue weighted by Gasteiger charge is 2.26. The summed E-state index contributed by atoms with van der Waals surface area (Å²) in [5.74, 6) is -0.549. The van der Waals surface area contributed by atoms with Crippen LogP contribution in [0.3, 0.4) is 0 Å². The highest BCUT2D eigenvalue weighted by atomic mass is 16.6. The molecule has 0 radical (unpaired) electrons. The van der Waals surface area contributed by atoms with Crippen molar-refractivity contribution in [2.75, 3.05) is 13.7 Å². The molecule has 1 atom stereocenters. The minimum atomic E-state index is -1.27. The second-order valence-corrected chi connectivity index (χ2v) is 6.81. The Labute approximate surface area is 170 Å². The molecule has 0 aliphatic rings. The predicted molar refractivity (Wildman–Crippen MR) is 109 cm³/mol. The first kappa shape index (κ1) is 21.9. The lowest BCUT2D eigenvalue weighted by Crippen LogP contribution is -2.41. The summed E-state index contributed by atoms with van der Waals surface area (Å²) in [6.07, 6.45) is -1.27. The normalized spacial score (nSPS) is 11.5. The molecule has 0 saturated heterocycles. The molecule has 0 aliphatic heterocycles. The summed E-state index contributed by atoms with van der Waals surface area (Å²) in [5.41, 5.74) is 2.72. The molecule has 29 heavy (non-hydrogen) atoms. The molecule has 2 aromatic carbocycles. The van der Waals surface area contributed by atoms with E-state index in [1.54, 1.807) is 36.4 Å². The van der Waals surface area contributed by atoms with Crippen molar-refractivity contribution >= 4 is 17.9 Å². The van der Waals surface area contributed by atoms with Crippen molar-refractivity contribution in [1.29, 1.82) is 0 Å². The van der Waals surface area contributed by atoms with Crippen LogP contribution in [0.1, 0.15) is 42.6 Å². The molecule has 0 bridgehead atoms. The molecule has 2 rings (SSSR count). The first-order chi connectivity index (χ1) is 13.8. The summed E-state index contributed by atoms with van der Waals surface area (Å²) in [6, 6.07) is 13.4. The van der Waals surface area contributed by atoms with Gasteiger partial charge in [-0.25, -0.2) is 9.59 Å². The Hall–Kier alpha value is -3.35. The third-order valence-corrected chi connectivity index (χ3v) is 4.27. The molecule has 0 fully saturated rings. The fourth-order valence-electron chi connectivity index (χ4n) is 2.83. The number of hydrogen-bond donors (Lipinski definition) is 2. The van der Waals surface area contributed by atoms with E-state index in [4.69, 9.17) is 9.47 Å². The van der Waals surface area contributed by atoms with Crippen molar-refractivity contribution in [2.24, 2.45) is 0 Å². The maximum Gasteiger partial charge on any atom is 0.345 e. The van der Waals surface area contributed by atoms with E-state index in [0.29, 0.717) is 17.2 Å². The number of esters is 1. The maximum atomic E-state index is 12.4. The van der Waals surface area contributed by atoms with Gasteiger partial charge in [0.2, 0.25) is 6.10 Å². The van der Waals surface area contributed by atoms with Gasteiger partial charge in [-0.2, -0.15) is 0 Å². The number of imide groups is 1. The highest BCUT2D eigenvalue weighted by Crippen LogP contribution is 2.24. The SMILES string of the molecule is CNC(=O)NC(=O)C(OC(=O)COc1ccc(C(C)C)c(C)c1)c1ccccc1. The van der Waals surface area contributed by atoms with Crippen LogP contribution in [0.5, 0.6) is 5.75 Å². The fourth-order valence-corrected chi connectivity index (χ4v) is 2.83. The number of aryl methyl sites for hydroxylation is 1. The van der Waals surface area contributed by atoms with Gasteiger partial charge in [0.25, 0.3) is 5.91 Å². The zero-order valence-electron chi connectivity index (χ0n) is 17.0. The number of nitrogens with one attached hydrogen (secondary N) is 2. The van der Waals surface area contributed by atoms with Crippen molar-refractivity contribution in [3.05, 3.63) is 65.2 Å².